The van der Waals surface area contributed by atoms with Gasteiger partial charge in [0.15, 0.2) is 0 Å². The van der Waals surface area contributed by atoms with E-state index in [0.717, 1.165) is 22.1 Å². The predicted octanol–water partition coefficient (Wildman–Crippen LogP) is 2.60. The minimum absolute atomic E-state index is 0.131. The van der Waals surface area contributed by atoms with Gasteiger partial charge in [-0.3, -0.25) is 9.20 Å². The lowest BCUT2D eigenvalue weighted by Gasteiger charge is -2.12. The molecule has 3 heterocycles. The standard InChI is InChI=1S/C20H20N4O2/c1-13-19(24-10-6-5-9-18(24)22-13)20(26)21-11-17(25)15-12-23(2)16-8-4-3-7-14(15)16/h3-10,12,17,25H,11H2,1-2H3,(H,21,26). The third-order valence-corrected chi connectivity index (χ3v) is 4.66. The number of aryl methyl sites for hydroxylation is 2. The number of carbonyl (C=O) groups excluding carboxylic acids is 1. The number of aliphatic hydroxyl groups is 1. The summed E-state index contributed by atoms with van der Waals surface area (Å²) in [5, 5.41) is 14.4. The molecule has 0 aliphatic carbocycles. The van der Waals surface area contributed by atoms with Gasteiger partial charge >= 0.3 is 0 Å². The fourth-order valence-electron chi connectivity index (χ4n) is 3.41. The zero-order chi connectivity index (χ0) is 18.3. The summed E-state index contributed by atoms with van der Waals surface area (Å²) in [7, 11) is 1.94. The zero-order valence-electron chi connectivity index (χ0n) is 14.7. The van der Waals surface area contributed by atoms with Crippen LogP contribution in [-0.2, 0) is 7.05 Å². The Hall–Kier alpha value is -3.12. The number of aliphatic hydroxyl groups excluding tert-OH is 1. The molecule has 1 aromatic carbocycles. The van der Waals surface area contributed by atoms with Crippen LogP contribution in [0.1, 0.15) is 27.8 Å². The Morgan fingerprint density at radius 3 is 2.85 bits per heavy atom. The van der Waals surface area contributed by atoms with Gasteiger partial charge in [-0.2, -0.15) is 0 Å². The second-order valence-corrected chi connectivity index (χ2v) is 6.41. The van der Waals surface area contributed by atoms with Crippen LogP contribution in [0.5, 0.6) is 0 Å². The van der Waals surface area contributed by atoms with Crippen LogP contribution < -0.4 is 5.32 Å². The van der Waals surface area contributed by atoms with Gasteiger partial charge in [-0.1, -0.05) is 24.3 Å². The summed E-state index contributed by atoms with van der Waals surface area (Å²) in [5.74, 6) is -0.250. The van der Waals surface area contributed by atoms with Crippen LogP contribution >= 0.6 is 0 Å². The minimum atomic E-state index is -0.787. The number of nitrogens with zero attached hydrogens (tertiary/aromatic N) is 3. The quantitative estimate of drug-likeness (QED) is 0.595. The van der Waals surface area contributed by atoms with Crippen LogP contribution in [0.3, 0.4) is 0 Å². The minimum Gasteiger partial charge on any atom is -0.386 e. The van der Waals surface area contributed by atoms with Crippen molar-refractivity contribution in [2.24, 2.45) is 7.05 Å². The maximum Gasteiger partial charge on any atom is 0.270 e. The van der Waals surface area contributed by atoms with Gasteiger partial charge in [0.1, 0.15) is 11.3 Å². The maximum absolute atomic E-state index is 12.7. The fraction of sp³-hybridized carbons (Fsp3) is 0.200. The Labute approximate surface area is 150 Å². The summed E-state index contributed by atoms with van der Waals surface area (Å²) in [5.41, 5.74) is 3.73. The van der Waals surface area contributed by atoms with Gasteiger partial charge in [-0.05, 0) is 25.1 Å². The van der Waals surface area contributed by atoms with E-state index in [-0.39, 0.29) is 12.5 Å². The van der Waals surface area contributed by atoms with E-state index in [1.165, 1.54) is 0 Å². The number of para-hydroxylation sites is 1. The highest BCUT2D eigenvalue weighted by Crippen LogP contribution is 2.25. The number of nitrogens with one attached hydrogen (secondary N) is 1. The summed E-state index contributed by atoms with van der Waals surface area (Å²) >= 11 is 0. The molecule has 1 atom stereocenters. The third-order valence-electron chi connectivity index (χ3n) is 4.66. The average molecular weight is 348 g/mol. The molecular formula is C20H20N4O2. The van der Waals surface area contributed by atoms with E-state index in [1.54, 1.807) is 4.40 Å². The van der Waals surface area contributed by atoms with Crippen molar-refractivity contribution in [2.45, 2.75) is 13.0 Å². The van der Waals surface area contributed by atoms with E-state index >= 15 is 0 Å². The largest absolute Gasteiger partial charge is 0.386 e. The molecule has 0 spiro atoms. The molecule has 1 amide bonds. The number of imidazole rings is 1. The lowest BCUT2D eigenvalue weighted by atomic mass is 10.1. The highest BCUT2D eigenvalue weighted by atomic mass is 16.3. The summed E-state index contributed by atoms with van der Waals surface area (Å²) in [6.45, 7) is 1.94. The second kappa shape index (κ2) is 6.31. The molecule has 132 valence electrons. The lowest BCUT2D eigenvalue weighted by molar-refractivity contribution is 0.0910. The van der Waals surface area contributed by atoms with E-state index in [9.17, 15) is 9.90 Å². The molecule has 1 unspecified atom stereocenters. The van der Waals surface area contributed by atoms with Gasteiger partial charge in [0.2, 0.25) is 0 Å². The monoisotopic (exact) mass is 348 g/mol. The van der Waals surface area contributed by atoms with E-state index < -0.39 is 6.10 Å². The lowest BCUT2D eigenvalue weighted by Crippen LogP contribution is -2.29. The van der Waals surface area contributed by atoms with Gasteiger partial charge in [-0.25, -0.2) is 4.98 Å². The molecule has 26 heavy (non-hydrogen) atoms. The van der Waals surface area contributed by atoms with Gasteiger partial charge in [-0.15, -0.1) is 0 Å². The Balaban J connectivity index is 1.56. The van der Waals surface area contributed by atoms with Gasteiger partial charge < -0.3 is 15.0 Å². The first kappa shape index (κ1) is 16.4. The normalized spacial score (nSPS) is 12.6. The SMILES string of the molecule is Cc1nc2ccccn2c1C(=O)NCC(O)c1cn(C)c2ccccc12. The van der Waals surface area contributed by atoms with Crippen molar-refractivity contribution in [1.29, 1.82) is 0 Å². The first-order valence-electron chi connectivity index (χ1n) is 8.50. The highest BCUT2D eigenvalue weighted by molar-refractivity contribution is 5.94. The van der Waals surface area contributed by atoms with Crippen molar-refractivity contribution in [3.63, 3.8) is 0 Å². The average Bonchev–Trinajstić information content (AvgIpc) is 3.16. The molecule has 0 aliphatic heterocycles. The summed E-state index contributed by atoms with van der Waals surface area (Å²) in [6, 6.07) is 13.5. The van der Waals surface area contributed by atoms with Crippen LogP contribution in [0.25, 0.3) is 16.6 Å². The molecule has 0 aliphatic rings. The van der Waals surface area contributed by atoms with Crippen LogP contribution in [0, 0.1) is 6.92 Å². The fourth-order valence-corrected chi connectivity index (χ4v) is 3.41. The number of carbonyl (C=O) groups is 1. The van der Waals surface area contributed by atoms with Crippen LogP contribution in [0.2, 0.25) is 0 Å². The number of amides is 1. The second-order valence-electron chi connectivity index (χ2n) is 6.41. The number of aromatic nitrogens is 3. The Bertz CT molecular complexity index is 1110. The number of rotatable bonds is 4. The first-order chi connectivity index (χ1) is 12.6. The molecular weight excluding hydrogens is 328 g/mol. The van der Waals surface area contributed by atoms with Gasteiger partial charge in [0, 0.05) is 42.5 Å². The van der Waals surface area contributed by atoms with E-state index in [0.29, 0.717) is 11.4 Å². The third kappa shape index (κ3) is 2.64. The van der Waals surface area contributed by atoms with Crippen molar-refractivity contribution < 1.29 is 9.90 Å². The summed E-state index contributed by atoms with van der Waals surface area (Å²) in [4.78, 5) is 17.1. The molecule has 0 fully saturated rings. The Kier molecular flexibility index (Phi) is 3.97. The van der Waals surface area contributed by atoms with Gasteiger partial charge in [0.25, 0.3) is 5.91 Å². The Morgan fingerprint density at radius 2 is 2.00 bits per heavy atom. The number of hydrogen-bond donors (Lipinski definition) is 2. The molecule has 4 rings (SSSR count). The Morgan fingerprint density at radius 1 is 1.23 bits per heavy atom. The number of hydrogen-bond acceptors (Lipinski definition) is 3. The predicted molar refractivity (Wildman–Crippen MR) is 100 cm³/mol. The molecule has 2 N–H and O–H groups in total. The van der Waals surface area contributed by atoms with Gasteiger partial charge in [0.05, 0.1) is 11.8 Å². The van der Waals surface area contributed by atoms with E-state index in [1.807, 2.05) is 73.4 Å². The molecule has 6 nitrogen and oxygen atoms in total. The van der Waals surface area contributed by atoms with Crippen LogP contribution in [-0.4, -0.2) is 31.5 Å². The van der Waals surface area contributed by atoms with Crippen molar-refractivity contribution in [1.82, 2.24) is 19.3 Å². The molecule has 4 aromatic rings. The summed E-state index contributed by atoms with van der Waals surface area (Å²) in [6.07, 6.45) is 2.93. The molecule has 6 heteroatoms. The first-order valence-corrected chi connectivity index (χ1v) is 8.50. The molecule has 3 aromatic heterocycles. The van der Waals surface area contributed by atoms with Crippen molar-refractivity contribution in [3.05, 3.63) is 71.8 Å². The number of pyridine rings is 1. The number of fused-ring (bicyclic) bond motifs is 2. The topological polar surface area (TPSA) is 71.6 Å². The molecule has 0 radical (unpaired) electrons. The van der Waals surface area contributed by atoms with Crippen molar-refractivity contribution in [2.75, 3.05) is 6.54 Å². The maximum atomic E-state index is 12.7. The number of benzene rings is 1. The van der Waals surface area contributed by atoms with Crippen LogP contribution in [0.4, 0.5) is 0 Å². The highest BCUT2D eigenvalue weighted by Gasteiger charge is 2.19. The summed E-state index contributed by atoms with van der Waals surface area (Å²) < 4.78 is 3.74. The van der Waals surface area contributed by atoms with Crippen molar-refractivity contribution >= 4 is 22.5 Å². The molecule has 0 saturated heterocycles. The van der Waals surface area contributed by atoms with Crippen LogP contribution in [0.15, 0.2) is 54.9 Å². The smallest absolute Gasteiger partial charge is 0.270 e. The molecule has 0 bridgehead atoms. The zero-order valence-corrected chi connectivity index (χ0v) is 14.7. The molecule has 0 saturated carbocycles. The van der Waals surface area contributed by atoms with Crippen molar-refractivity contribution in [3.8, 4) is 0 Å². The van der Waals surface area contributed by atoms with E-state index in [2.05, 4.69) is 10.3 Å². The van der Waals surface area contributed by atoms with E-state index in [4.69, 9.17) is 0 Å².